The Labute approximate surface area is 122 Å². The second kappa shape index (κ2) is 4.55. The SMILES string of the molecule is Cc1csc(C(C)N2CC(=O)NC(C)(C3CC3)C2=O)n1. The van der Waals surface area contributed by atoms with Gasteiger partial charge in [-0.2, -0.15) is 0 Å². The van der Waals surface area contributed by atoms with E-state index in [4.69, 9.17) is 0 Å². The molecule has 2 amide bonds. The molecule has 1 saturated heterocycles. The highest BCUT2D eigenvalue weighted by Gasteiger charge is 2.53. The minimum Gasteiger partial charge on any atom is -0.340 e. The lowest BCUT2D eigenvalue weighted by atomic mass is 9.91. The second-order valence-electron chi connectivity index (χ2n) is 5.96. The molecule has 2 atom stereocenters. The van der Waals surface area contributed by atoms with Gasteiger partial charge in [0.15, 0.2) is 0 Å². The summed E-state index contributed by atoms with van der Waals surface area (Å²) >= 11 is 1.54. The number of carbonyl (C=O) groups is 2. The fourth-order valence-electron chi connectivity index (χ4n) is 2.86. The lowest BCUT2D eigenvalue weighted by Crippen LogP contribution is -2.66. The standard InChI is InChI=1S/C14H19N3O2S/c1-8-7-20-12(15-8)9(2)17-6-11(18)16-14(3,13(17)19)10-4-5-10/h7,9-10H,4-6H2,1-3H3,(H,16,18). The summed E-state index contributed by atoms with van der Waals surface area (Å²) in [4.78, 5) is 30.9. The number of aromatic nitrogens is 1. The first-order chi connectivity index (χ1) is 9.41. The summed E-state index contributed by atoms with van der Waals surface area (Å²) in [6, 6.07) is -0.148. The van der Waals surface area contributed by atoms with E-state index < -0.39 is 5.54 Å². The molecule has 1 aromatic rings. The highest BCUT2D eigenvalue weighted by Crippen LogP contribution is 2.42. The number of carbonyl (C=O) groups excluding carboxylic acids is 2. The zero-order chi connectivity index (χ0) is 14.5. The van der Waals surface area contributed by atoms with E-state index in [0.717, 1.165) is 23.5 Å². The van der Waals surface area contributed by atoms with Gasteiger partial charge in [0.05, 0.1) is 6.04 Å². The van der Waals surface area contributed by atoms with Crippen molar-refractivity contribution < 1.29 is 9.59 Å². The summed E-state index contributed by atoms with van der Waals surface area (Å²) in [6.07, 6.45) is 2.03. The molecule has 5 nitrogen and oxygen atoms in total. The maximum Gasteiger partial charge on any atom is 0.249 e. The second-order valence-corrected chi connectivity index (χ2v) is 6.85. The van der Waals surface area contributed by atoms with Crippen LogP contribution in [-0.4, -0.2) is 33.8 Å². The van der Waals surface area contributed by atoms with Crippen LogP contribution in [0.1, 0.15) is 43.4 Å². The molecule has 108 valence electrons. The molecule has 6 heteroatoms. The molecule has 0 aromatic carbocycles. The molecule has 0 bridgehead atoms. The quantitative estimate of drug-likeness (QED) is 0.921. The zero-order valence-electron chi connectivity index (χ0n) is 12.0. The van der Waals surface area contributed by atoms with Gasteiger partial charge >= 0.3 is 0 Å². The van der Waals surface area contributed by atoms with Crippen molar-refractivity contribution >= 4 is 23.2 Å². The van der Waals surface area contributed by atoms with E-state index >= 15 is 0 Å². The normalized spacial score (nSPS) is 28.4. The molecule has 2 aliphatic rings. The number of rotatable bonds is 3. The number of piperazine rings is 1. The van der Waals surface area contributed by atoms with E-state index in [1.807, 2.05) is 26.2 Å². The van der Waals surface area contributed by atoms with Gasteiger partial charge in [-0.15, -0.1) is 11.3 Å². The van der Waals surface area contributed by atoms with Crippen LogP contribution in [0.2, 0.25) is 0 Å². The molecule has 1 aliphatic carbocycles. The van der Waals surface area contributed by atoms with Crippen LogP contribution in [0.15, 0.2) is 5.38 Å². The molecular weight excluding hydrogens is 274 g/mol. The zero-order valence-corrected chi connectivity index (χ0v) is 12.8. The lowest BCUT2D eigenvalue weighted by Gasteiger charge is -2.42. The minimum absolute atomic E-state index is 0.0277. The Kier molecular flexibility index (Phi) is 3.08. The van der Waals surface area contributed by atoms with E-state index in [1.54, 1.807) is 16.2 Å². The number of amides is 2. The van der Waals surface area contributed by atoms with Gasteiger partial charge < -0.3 is 10.2 Å². The van der Waals surface area contributed by atoms with E-state index in [0.29, 0.717) is 0 Å². The summed E-state index contributed by atoms with van der Waals surface area (Å²) in [5, 5.41) is 5.76. The largest absolute Gasteiger partial charge is 0.340 e. The third-order valence-electron chi connectivity index (χ3n) is 4.27. The first-order valence-electron chi connectivity index (χ1n) is 6.96. The molecule has 1 aliphatic heterocycles. The van der Waals surface area contributed by atoms with Gasteiger partial charge in [-0.1, -0.05) is 0 Å². The molecule has 0 spiro atoms. The highest BCUT2D eigenvalue weighted by molar-refractivity contribution is 7.09. The Morgan fingerprint density at radius 2 is 2.20 bits per heavy atom. The summed E-state index contributed by atoms with van der Waals surface area (Å²) < 4.78 is 0. The van der Waals surface area contributed by atoms with E-state index in [9.17, 15) is 9.59 Å². The van der Waals surface area contributed by atoms with Gasteiger partial charge in [0, 0.05) is 11.1 Å². The maximum absolute atomic E-state index is 12.8. The van der Waals surface area contributed by atoms with Crippen LogP contribution in [0.3, 0.4) is 0 Å². The van der Waals surface area contributed by atoms with Crippen molar-refractivity contribution in [2.24, 2.45) is 5.92 Å². The third-order valence-corrected chi connectivity index (χ3v) is 5.41. The van der Waals surface area contributed by atoms with E-state index in [-0.39, 0.29) is 30.3 Å². The number of nitrogens with one attached hydrogen (secondary N) is 1. The topological polar surface area (TPSA) is 62.3 Å². The number of thiazole rings is 1. The van der Waals surface area contributed by atoms with Crippen molar-refractivity contribution in [1.29, 1.82) is 0 Å². The van der Waals surface area contributed by atoms with Gasteiger partial charge in [-0.3, -0.25) is 9.59 Å². The van der Waals surface area contributed by atoms with Gasteiger partial charge in [0.2, 0.25) is 11.8 Å². The fraction of sp³-hybridized carbons (Fsp3) is 0.643. The summed E-state index contributed by atoms with van der Waals surface area (Å²) in [6.45, 7) is 5.87. The third kappa shape index (κ3) is 2.12. The average molecular weight is 293 g/mol. The smallest absolute Gasteiger partial charge is 0.249 e. The molecule has 3 rings (SSSR count). The average Bonchev–Trinajstić information content (AvgIpc) is 3.16. The minimum atomic E-state index is -0.726. The maximum atomic E-state index is 12.8. The van der Waals surface area contributed by atoms with Gasteiger partial charge in [0.1, 0.15) is 17.1 Å². The van der Waals surface area contributed by atoms with Crippen molar-refractivity contribution in [3.8, 4) is 0 Å². The number of aryl methyl sites for hydroxylation is 1. The monoisotopic (exact) mass is 293 g/mol. The molecular formula is C14H19N3O2S. The molecule has 2 unspecified atom stereocenters. The predicted octanol–water partition coefficient (Wildman–Crippen LogP) is 1.64. The van der Waals surface area contributed by atoms with Crippen molar-refractivity contribution in [2.45, 2.75) is 45.2 Å². The Bertz CT molecular complexity index is 567. The Hall–Kier alpha value is -1.43. The Morgan fingerprint density at radius 3 is 2.75 bits per heavy atom. The summed E-state index contributed by atoms with van der Waals surface area (Å²) in [5.41, 5.74) is 0.228. The highest BCUT2D eigenvalue weighted by atomic mass is 32.1. The van der Waals surface area contributed by atoms with Crippen LogP contribution in [0.5, 0.6) is 0 Å². The van der Waals surface area contributed by atoms with Crippen LogP contribution in [0.25, 0.3) is 0 Å². The molecule has 2 heterocycles. The number of hydrogen-bond acceptors (Lipinski definition) is 4. The van der Waals surface area contributed by atoms with Gasteiger partial charge in [-0.25, -0.2) is 4.98 Å². The van der Waals surface area contributed by atoms with Crippen LogP contribution >= 0.6 is 11.3 Å². The van der Waals surface area contributed by atoms with E-state index in [1.165, 1.54) is 0 Å². The predicted molar refractivity (Wildman–Crippen MR) is 76.3 cm³/mol. The van der Waals surface area contributed by atoms with Crippen LogP contribution in [-0.2, 0) is 9.59 Å². The van der Waals surface area contributed by atoms with Gasteiger partial charge in [-0.05, 0) is 39.5 Å². The van der Waals surface area contributed by atoms with E-state index in [2.05, 4.69) is 10.3 Å². The van der Waals surface area contributed by atoms with Crippen molar-refractivity contribution in [3.63, 3.8) is 0 Å². The molecule has 1 N–H and O–H groups in total. The van der Waals surface area contributed by atoms with Crippen LogP contribution < -0.4 is 5.32 Å². The molecule has 1 saturated carbocycles. The molecule has 0 radical (unpaired) electrons. The number of hydrogen-bond donors (Lipinski definition) is 1. The fourth-order valence-corrected chi connectivity index (χ4v) is 3.72. The summed E-state index contributed by atoms with van der Waals surface area (Å²) in [5.74, 6) is 0.242. The Morgan fingerprint density at radius 1 is 1.50 bits per heavy atom. The summed E-state index contributed by atoms with van der Waals surface area (Å²) in [7, 11) is 0. The molecule has 1 aromatic heterocycles. The first-order valence-corrected chi connectivity index (χ1v) is 7.84. The molecule has 2 fully saturated rings. The lowest BCUT2D eigenvalue weighted by molar-refractivity contribution is -0.152. The first kappa shape index (κ1) is 13.5. The van der Waals surface area contributed by atoms with Crippen molar-refractivity contribution in [2.75, 3.05) is 6.54 Å². The van der Waals surface area contributed by atoms with Gasteiger partial charge in [0.25, 0.3) is 0 Å². The Balaban J connectivity index is 1.88. The number of nitrogens with zero attached hydrogens (tertiary/aromatic N) is 2. The van der Waals surface area contributed by atoms with Crippen molar-refractivity contribution in [1.82, 2.24) is 15.2 Å². The molecule has 20 heavy (non-hydrogen) atoms. The van der Waals surface area contributed by atoms with Crippen molar-refractivity contribution in [3.05, 3.63) is 16.1 Å². The van der Waals surface area contributed by atoms with Crippen LogP contribution in [0, 0.1) is 12.8 Å². The van der Waals surface area contributed by atoms with Crippen LogP contribution in [0.4, 0.5) is 0 Å².